The number of rotatable bonds is 4. The minimum absolute atomic E-state index is 0.00201. The molecule has 5 rings (SSSR count). The quantitative estimate of drug-likeness (QED) is 0.625. The Hall–Kier alpha value is -3.90. The second-order valence-electron chi connectivity index (χ2n) is 8.68. The molecule has 2 aliphatic rings. The number of anilines is 1. The third-order valence-corrected chi connectivity index (χ3v) is 7.88. The number of aromatic nitrogens is 1. The highest BCUT2D eigenvalue weighted by Crippen LogP contribution is 2.36. The summed E-state index contributed by atoms with van der Waals surface area (Å²) in [5.74, 6) is 0.0762. The molecule has 2 bridgehead atoms. The van der Waals surface area contributed by atoms with Gasteiger partial charge in [-0.25, -0.2) is 8.42 Å². The first kappa shape index (κ1) is 21.9. The molecule has 2 unspecified atom stereocenters. The summed E-state index contributed by atoms with van der Waals surface area (Å²) in [6.45, 7) is 1.46. The lowest BCUT2D eigenvalue weighted by Crippen LogP contribution is -2.49. The Kier molecular flexibility index (Phi) is 5.46. The lowest BCUT2D eigenvalue weighted by molar-refractivity contribution is 0.0594. The van der Waals surface area contributed by atoms with Gasteiger partial charge in [0.15, 0.2) is 0 Å². The maximum absolute atomic E-state index is 13.2. The lowest BCUT2D eigenvalue weighted by atomic mass is 9.83. The number of amides is 1. The van der Waals surface area contributed by atoms with Crippen LogP contribution in [0.25, 0.3) is 0 Å². The first-order chi connectivity index (χ1) is 16.4. The summed E-state index contributed by atoms with van der Waals surface area (Å²) in [5, 5.41) is 9.25. The van der Waals surface area contributed by atoms with Crippen molar-refractivity contribution in [3.8, 4) is 6.07 Å². The third-order valence-electron chi connectivity index (χ3n) is 6.45. The number of likely N-dealkylation sites (tertiary alicyclic amines) is 1. The van der Waals surface area contributed by atoms with E-state index in [0.717, 1.165) is 12.1 Å². The molecule has 3 heterocycles. The Labute approximate surface area is 197 Å². The van der Waals surface area contributed by atoms with E-state index in [-0.39, 0.29) is 33.9 Å². The van der Waals surface area contributed by atoms with E-state index < -0.39 is 15.6 Å². The van der Waals surface area contributed by atoms with Gasteiger partial charge in [0.05, 0.1) is 5.56 Å². The molecule has 3 aromatic rings. The van der Waals surface area contributed by atoms with Crippen LogP contribution in [0.3, 0.4) is 0 Å². The largest absolute Gasteiger partial charge is 0.338 e. The predicted molar refractivity (Wildman–Crippen MR) is 126 cm³/mol. The van der Waals surface area contributed by atoms with Crippen LogP contribution in [0.1, 0.15) is 34.0 Å². The Bertz CT molecular complexity index is 1470. The van der Waals surface area contributed by atoms with Gasteiger partial charge in [-0.3, -0.25) is 14.3 Å². The van der Waals surface area contributed by atoms with Crippen LogP contribution in [0.15, 0.2) is 76.4 Å². The van der Waals surface area contributed by atoms with E-state index in [1.807, 2.05) is 29.2 Å². The first-order valence-corrected chi connectivity index (χ1v) is 12.5. The molecule has 2 atom stereocenters. The van der Waals surface area contributed by atoms with Gasteiger partial charge in [-0.15, -0.1) is 0 Å². The molecular weight excluding hydrogens is 452 g/mol. The van der Waals surface area contributed by atoms with E-state index in [1.165, 1.54) is 24.3 Å². The number of nitrogens with zero attached hydrogens (tertiary/aromatic N) is 3. The molecule has 0 aliphatic carbocycles. The molecule has 0 saturated carbocycles. The Balaban J connectivity index is 1.43. The van der Waals surface area contributed by atoms with E-state index in [1.54, 1.807) is 28.8 Å². The highest BCUT2D eigenvalue weighted by atomic mass is 32.2. The molecule has 172 valence electrons. The molecule has 2 aliphatic heterocycles. The monoisotopic (exact) mass is 474 g/mol. The number of nitriles is 1. The molecule has 1 N–H and O–H groups in total. The SMILES string of the molecule is N#Cc1ccccc1S(=O)(=O)Nc1ccc2n(c1=O)CC1CC2CN(C(=O)c2ccccc2)C1. The van der Waals surface area contributed by atoms with Gasteiger partial charge in [-0.1, -0.05) is 30.3 Å². The zero-order chi connectivity index (χ0) is 23.9. The zero-order valence-corrected chi connectivity index (χ0v) is 19.0. The molecule has 1 saturated heterocycles. The van der Waals surface area contributed by atoms with Gasteiger partial charge in [0.2, 0.25) is 0 Å². The zero-order valence-electron chi connectivity index (χ0n) is 18.2. The Morgan fingerprint density at radius 1 is 0.971 bits per heavy atom. The second-order valence-corrected chi connectivity index (χ2v) is 10.3. The van der Waals surface area contributed by atoms with Crippen LogP contribution in [0, 0.1) is 17.2 Å². The first-order valence-electron chi connectivity index (χ1n) is 11.0. The molecule has 2 aromatic carbocycles. The van der Waals surface area contributed by atoms with Crippen LogP contribution in [0.4, 0.5) is 5.69 Å². The van der Waals surface area contributed by atoms with Gasteiger partial charge >= 0.3 is 0 Å². The molecule has 1 fully saturated rings. The van der Waals surface area contributed by atoms with Crippen molar-refractivity contribution in [3.63, 3.8) is 0 Å². The molecule has 0 radical (unpaired) electrons. The van der Waals surface area contributed by atoms with Crippen molar-refractivity contribution >= 4 is 21.6 Å². The molecular formula is C25H22N4O4S. The highest BCUT2D eigenvalue weighted by Gasteiger charge is 2.37. The topological polar surface area (TPSA) is 112 Å². The minimum atomic E-state index is -4.11. The van der Waals surface area contributed by atoms with Crippen LogP contribution in [0.2, 0.25) is 0 Å². The van der Waals surface area contributed by atoms with Gasteiger partial charge in [0.1, 0.15) is 16.7 Å². The van der Waals surface area contributed by atoms with E-state index in [4.69, 9.17) is 0 Å². The number of carbonyl (C=O) groups excluding carboxylic acids is 1. The molecule has 1 amide bonds. The Morgan fingerprint density at radius 2 is 1.71 bits per heavy atom. The maximum Gasteiger partial charge on any atom is 0.275 e. The van der Waals surface area contributed by atoms with Crippen molar-refractivity contribution in [2.75, 3.05) is 17.8 Å². The normalized spacial score (nSPS) is 19.1. The summed E-state index contributed by atoms with van der Waals surface area (Å²) >= 11 is 0. The number of benzene rings is 2. The van der Waals surface area contributed by atoms with Crippen molar-refractivity contribution in [1.29, 1.82) is 5.26 Å². The lowest BCUT2D eigenvalue weighted by Gasteiger charge is -2.43. The van der Waals surface area contributed by atoms with E-state index in [2.05, 4.69) is 4.72 Å². The summed E-state index contributed by atoms with van der Waals surface area (Å²) < 4.78 is 29.8. The summed E-state index contributed by atoms with van der Waals surface area (Å²) in [5.41, 5.74) is 0.960. The number of fused-ring (bicyclic) bond motifs is 4. The summed E-state index contributed by atoms with van der Waals surface area (Å²) in [7, 11) is -4.11. The molecule has 9 heteroatoms. The average Bonchev–Trinajstić information content (AvgIpc) is 2.86. The van der Waals surface area contributed by atoms with E-state index in [9.17, 15) is 23.3 Å². The predicted octanol–water partition coefficient (Wildman–Crippen LogP) is 2.78. The third kappa shape index (κ3) is 3.86. The van der Waals surface area contributed by atoms with Gasteiger partial charge in [0, 0.05) is 36.8 Å². The van der Waals surface area contributed by atoms with Crippen LogP contribution >= 0.6 is 0 Å². The molecule has 34 heavy (non-hydrogen) atoms. The van der Waals surface area contributed by atoms with Crippen molar-refractivity contribution in [3.05, 3.63) is 93.9 Å². The van der Waals surface area contributed by atoms with Gasteiger partial charge < -0.3 is 9.47 Å². The summed E-state index contributed by atoms with van der Waals surface area (Å²) in [6.07, 6.45) is 0.874. The Morgan fingerprint density at radius 3 is 2.47 bits per heavy atom. The number of piperidine rings is 1. The van der Waals surface area contributed by atoms with Crippen molar-refractivity contribution in [2.24, 2.45) is 5.92 Å². The fraction of sp³-hybridized carbons (Fsp3) is 0.240. The molecule has 0 spiro atoms. The van der Waals surface area contributed by atoms with Gasteiger partial charge in [0.25, 0.3) is 21.5 Å². The van der Waals surface area contributed by atoms with Crippen LogP contribution in [-0.4, -0.2) is 36.9 Å². The number of hydrogen-bond donors (Lipinski definition) is 1. The van der Waals surface area contributed by atoms with Crippen molar-refractivity contribution < 1.29 is 13.2 Å². The van der Waals surface area contributed by atoms with Gasteiger partial charge in [-0.05, 0) is 48.7 Å². The highest BCUT2D eigenvalue weighted by molar-refractivity contribution is 7.92. The summed E-state index contributed by atoms with van der Waals surface area (Å²) in [6, 6.07) is 20.1. The standard InChI is InChI=1S/C25H22N4O4S/c26-13-19-8-4-5-9-23(19)34(32,33)27-21-10-11-22-20-12-17(15-29(22)25(21)31)14-28(16-20)24(30)18-6-2-1-3-7-18/h1-11,17,20,27H,12,14-16H2. The van der Waals surface area contributed by atoms with Crippen LogP contribution in [-0.2, 0) is 16.6 Å². The number of hydrogen-bond acceptors (Lipinski definition) is 5. The molecule has 1 aromatic heterocycles. The van der Waals surface area contributed by atoms with Crippen LogP contribution < -0.4 is 10.3 Å². The maximum atomic E-state index is 13.2. The average molecular weight is 475 g/mol. The van der Waals surface area contributed by atoms with Crippen LogP contribution in [0.5, 0.6) is 0 Å². The fourth-order valence-corrected chi connectivity index (χ4v) is 6.16. The smallest absolute Gasteiger partial charge is 0.275 e. The van der Waals surface area contributed by atoms with Crippen molar-refractivity contribution in [2.45, 2.75) is 23.8 Å². The fourth-order valence-electron chi connectivity index (χ4n) is 4.95. The van der Waals surface area contributed by atoms with Gasteiger partial charge in [-0.2, -0.15) is 5.26 Å². The van der Waals surface area contributed by atoms with E-state index in [0.29, 0.717) is 25.2 Å². The minimum Gasteiger partial charge on any atom is -0.338 e. The van der Waals surface area contributed by atoms with E-state index >= 15 is 0 Å². The number of nitrogens with one attached hydrogen (secondary N) is 1. The molecule has 8 nitrogen and oxygen atoms in total. The second kappa shape index (κ2) is 8.47. The van der Waals surface area contributed by atoms with Crippen molar-refractivity contribution in [1.82, 2.24) is 9.47 Å². The number of sulfonamides is 1. The number of pyridine rings is 1. The number of carbonyl (C=O) groups is 1. The summed E-state index contributed by atoms with van der Waals surface area (Å²) in [4.78, 5) is 27.9.